The first-order chi connectivity index (χ1) is 7.99. The van der Waals surface area contributed by atoms with Crippen molar-refractivity contribution in [3.8, 4) is 0 Å². The number of hydrogen-bond donors (Lipinski definition) is 3. The van der Waals surface area contributed by atoms with E-state index < -0.39 is 0 Å². The van der Waals surface area contributed by atoms with Gasteiger partial charge in [0.25, 0.3) is 0 Å². The first kappa shape index (κ1) is 15.9. The first-order valence-electron chi connectivity index (χ1n) is 5.78. The molecule has 0 spiro atoms. The maximum absolute atomic E-state index is 11.4. The number of methoxy groups -OCH3 is 1. The predicted molar refractivity (Wildman–Crippen MR) is 65.4 cm³/mol. The first-order valence-corrected chi connectivity index (χ1v) is 5.78. The quantitative estimate of drug-likeness (QED) is 0.531. The van der Waals surface area contributed by atoms with Crippen LogP contribution in [0.1, 0.15) is 26.7 Å². The van der Waals surface area contributed by atoms with Gasteiger partial charge in [0.2, 0.25) is 11.8 Å². The molecule has 0 rings (SSSR count). The fraction of sp³-hybridized carbons (Fsp3) is 0.818. The van der Waals surface area contributed by atoms with Gasteiger partial charge in [0, 0.05) is 32.7 Å². The standard InChI is InChI=1S/C11H23N3O3/c1-8(2)14-10(15)4-5-13-11(16)6-9(7-12)17-3/h8-9H,4-7,12H2,1-3H3,(H,13,16)(H,14,15). The van der Waals surface area contributed by atoms with E-state index in [1.165, 1.54) is 7.11 Å². The van der Waals surface area contributed by atoms with Crippen LogP contribution in [0.15, 0.2) is 0 Å². The molecule has 1 atom stereocenters. The average Bonchev–Trinajstić information content (AvgIpc) is 2.24. The van der Waals surface area contributed by atoms with Gasteiger partial charge in [-0.2, -0.15) is 0 Å². The summed E-state index contributed by atoms with van der Waals surface area (Å²) in [5.41, 5.74) is 5.39. The van der Waals surface area contributed by atoms with E-state index >= 15 is 0 Å². The highest BCUT2D eigenvalue weighted by Crippen LogP contribution is 1.94. The third-order valence-electron chi connectivity index (χ3n) is 2.13. The molecule has 0 aliphatic heterocycles. The van der Waals surface area contributed by atoms with Crippen LogP contribution >= 0.6 is 0 Å². The summed E-state index contributed by atoms with van der Waals surface area (Å²) in [6.07, 6.45) is 0.239. The average molecular weight is 245 g/mol. The normalized spacial score (nSPS) is 12.3. The summed E-state index contributed by atoms with van der Waals surface area (Å²) in [6, 6.07) is 0.119. The molecular weight excluding hydrogens is 222 g/mol. The number of rotatable bonds is 8. The number of amides is 2. The van der Waals surface area contributed by atoms with Gasteiger partial charge in [-0.25, -0.2) is 0 Å². The lowest BCUT2D eigenvalue weighted by Crippen LogP contribution is -2.36. The van der Waals surface area contributed by atoms with Crippen molar-refractivity contribution in [2.45, 2.75) is 38.8 Å². The summed E-state index contributed by atoms with van der Waals surface area (Å²) in [5, 5.41) is 5.40. The lowest BCUT2D eigenvalue weighted by molar-refractivity contribution is -0.124. The van der Waals surface area contributed by atoms with Crippen molar-refractivity contribution in [3.63, 3.8) is 0 Å². The molecule has 0 radical (unpaired) electrons. The van der Waals surface area contributed by atoms with Crippen LogP contribution in [-0.4, -0.2) is 44.2 Å². The van der Waals surface area contributed by atoms with Crippen molar-refractivity contribution in [2.24, 2.45) is 5.73 Å². The molecule has 0 bridgehead atoms. The fourth-order valence-electron chi connectivity index (χ4n) is 1.25. The van der Waals surface area contributed by atoms with E-state index in [1.807, 2.05) is 13.8 Å². The molecule has 6 heteroatoms. The third kappa shape index (κ3) is 8.65. The lowest BCUT2D eigenvalue weighted by atomic mass is 10.2. The molecule has 0 heterocycles. The molecule has 6 nitrogen and oxygen atoms in total. The summed E-state index contributed by atoms with van der Waals surface area (Å²) in [6.45, 7) is 4.41. The highest BCUT2D eigenvalue weighted by atomic mass is 16.5. The second-order valence-corrected chi connectivity index (χ2v) is 4.12. The molecule has 0 aliphatic rings. The molecule has 0 fully saturated rings. The maximum atomic E-state index is 11.4. The highest BCUT2D eigenvalue weighted by molar-refractivity contribution is 5.79. The Labute approximate surface area is 102 Å². The number of hydrogen-bond acceptors (Lipinski definition) is 4. The van der Waals surface area contributed by atoms with Gasteiger partial charge in [0.05, 0.1) is 12.5 Å². The van der Waals surface area contributed by atoms with Gasteiger partial charge in [-0.3, -0.25) is 9.59 Å². The van der Waals surface area contributed by atoms with Gasteiger partial charge in [-0.1, -0.05) is 0 Å². The van der Waals surface area contributed by atoms with E-state index in [4.69, 9.17) is 10.5 Å². The van der Waals surface area contributed by atoms with E-state index in [-0.39, 0.29) is 36.8 Å². The minimum absolute atomic E-state index is 0.0672. The van der Waals surface area contributed by atoms with E-state index in [0.717, 1.165) is 0 Å². The Kier molecular flexibility index (Phi) is 8.35. The second-order valence-electron chi connectivity index (χ2n) is 4.12. The topological polar surface area (TPSA) is 93.4 Å². The molecule has 0 saturated heterocycles. The van der Waals surface area contributed by atoms with E-state index in [2.05, 4.69) is 10.6 Å². The number of carbonyl (C=O) groups excluding carboxylic acids is 2. The van der Waals surface area contributed by atoms with Crippen molar-refractivity contribution >= 4 is 11.8 Å². The molecule has 0 aliphatic carbocycles. The zero-order valence-electron chi connectivity index (χ0n) is 10.8. The van der Waals surface area contributed by atoms with Crippen LogP contribution in [0, 0.1) is 0 Å². The maximum Gasteiger partial charge on any atom is 0.222 e. The summed E-state index contributed by atoms with van der Waals surface area (Å²) in [5.74, 6) is -0.220. The Balaban J connectivity index is 3.67. The molecule has 2 amide bonds. The molecule has 4 N–H and O–H groups in total. The Morgan fingerprint density at radius 1 is 1.29 bits per heavy atom. The van der Waals surface area contributed by atoms with Gasteiger partial charge in [-0.05, 0) is 13.8 Å². The number of ether oxygens (including phenoxy) is 1. The third-order valence-corrected chi connectivity index (χ3v) is 2.13. The lowest BCUT2D eigenvalue weighted by Gasteiger charge is -2.13. The van der Waals surface area contributed by atoms with Gasteiger partial charge in [0.1, 0.15) is 0 Å². The van der Waals surface area contributed by atoms with Crippen molar-refractivity contribution in [3.05, 3.63) is 0 Å². The molecule has 0 aromatic heterocycles. The largest absolute Gasteiger partial charge is 0.380 e. The van der Waals surface area contributed by atoms with Crippen molar-refractivity contribution in [1.82, 2.24) is 10.6 Å². The molecule has 0 saturated carbocycles. The van der Waals surface area contributed by atoms with Gasteiger partial charge in [-0.15, -0.1) is 0 Å². The molecule has 17 heavy (non-hydrogen) atoms. The summed E-state index contributed by atoms with van der Waals surface area (Å²) >= 11 is 0. The second kappa shape index (κ2) is 8.95. The smallest absolute Gasteiger partial charge is 0.222 e. The van der Waals surface area contributed by atoms with Crippen LogP contribution in [0.5, 0.6) is 0 Å². The summed E-state index contributed by atoms with van der Waals surface area (Å²) < 4.78 is 4.99. The van der Waals surface area contributed by atoms with Crippen molar-refractivity contribution in [2.75, 3.05) is 20.2 Å². The minimum atomic E-state index is -0.264. The van der Waals surface area contributed by atoms with Crippen LogP contribution in [0.4, 0.5) is 0 Å². The van der Waals surface area contributed by atoms with Gasteiger partial charge >= 0.3 is 0 Å². The SMILES string of the molecule is COC(CN)CC(=O)NCCC(=O)NC(C)C. The van der Waals surface area contributed by atoms with Crippen LogP contribution in [-0.2, 0) is 14.3 Å². The number of carbonyl (C=O) groups is 2. The Morgan fingerprint density at radius 3 is 2.41 bits per heavy atom. The molecule has 0 aromatic carbocycles. The van der Waals surface area contributed by atoms with E-state index in [1.54, 1.807) is 0 Å². The van der Waals surface area contributed by atoms with Crippen molar-refractivity contribution < 1.29 is 14.3 Å². The Hall–Kier alpha value is -1.14. The molecule has 0 aromatic rings. The monoisotopic (exact) mass is 245 g/mol. The van der Waals surface area contributed by atoms with E-state index in [0.29, 0.717) is 13.1 Å². The predicted octanol–water partition coefficient (Wildman–Crippen LogP) is -0.619. The van der Waals surface area contributed by atoms with Crippen molar-refractivity contribution in [1.29, 1.82) is 0 Å². The highest BCUT2D eigenvalue weighted by Gasteiger charge is 2.11. The van der Waals surface area contributed by atoms with Gasteiger partial charge < -0.3 is 21.1 Å². The van der Waals surface area contributed by atoms with E-state index in [9.17, 15) is 9.59 Å². The Bertz CT molecular complexity index is 240. The molecular formula is C11H23N3O3. The molecule has 1 unspecified atom stereocenters. The van der Waals surface area contributed by atoms with Crippen LogP contribution in [0.2, 0.25) is 0 Å². The van der Waals surface area contributed by atoms with Crippen LogP contribution in [0.3, 0.4) is 0 Å². The Morgan fingerprint density at radius 2 is 1.94 bits per heavy atom. The zero-order chi connectivity index (χ0) is 13.3. The minimum Gasteiger partial charge on any atom is -0.380 e. The molecule has 100 valence electrons. The number of nitrogens with two attached hydrogens (primary N) is 1. The zero-order valence-corrected chi connectivity index (χ0v) is 10.8. The number of nitrogens with one attached hydrogen (secondary N) is 2. The summed E-state index contributed by atoms with van der Waals surface area (Å²) in [7, 11) is 1.51. The van der Waals surface area contributed by atoms with Crippen LogP contribution < -0.4 is 16.4 Å². The van der Waals surface area contributed by atoms with Gasteiger partial charge in [0.15, 0.2) is 0 Å². The fourth-order valence-corrected chi connectivity index (χ4v) is 1.25. The van der Waals surface area contributed by atoms with Crippen LogP contribution in [0.25, 0.3) is 0 Å². The summed E-state index contributed by atoms with van der Waals surface area (Å²) in [4.78, 5) is 22.7.